The summed E-state index contributed by atoms with van der Waals surface area (Å²) in [5, 5.41) is 0. The van der Waals surface area contributed by atoms with Crippen LogP contribution in [0.5, 0.6) is 0 Å². The Morgan fingerprint density at radius 2 is 1.83 bits per heavy atom. The highest BCUT2D eigenvalue weighted by atomic mass is 79.9. The number of rotatable bonds is 2. The van der Waals surface area contributed by atoms with Gasteiger partial charge in [0, 0.05) is 12.1 Å². The predicted octanol–water partition coefficient (Wildman–Crippen LogP) is 4.38. The van der Waals surface area contributed by atoms with Gasteiger partial charge in [-0.05, 0) is 64.2 Å². The van der Waals surface area contributed by atoms with Crippen molar-refractivity contribution in [3.05, 3.63) is 62.9 Å². The molecule has 0 radical (unpaired) electrons. The fourth-order valence-corrected chi connectivity index (χ4v) is 2.39. The molecule has 94 valence electrons. The summed E-state index contributed by atoms with van der Waals surface area (Å²) in [5.74, 6) is -0.189. The van der Waals surface area contributed by atoms with Crippen LogP contribution >= 0.6 is 15.9 Å². The standard InChI is InChI=1S/C15H15BrFN/c1-9-7-14(18)10(2)6-12(9)8-11-4-3-5-13(16)15(11)17/h3-7H,8,18H2,1-2H3. The molecule has 0 aliphatic carbocycles. The van der Waals surface area contributed by atoms with Crippen molar-refractivity contribution in [3.63, 3.8) is 0 Å². The highest BCUT2D eigenvalue weighted by molar-refractivity contribution is 9.10. The fourth-order valence-electron chi connectivity index (χ4n) is 1.98. The Balaban J connectivity index is 2.40. The van der Waals surface area contributed by atoms with Gasteiger partial charge in [-0.25, -0.2) is 4.39 Å². The first kappa shape index (κ1) is 13.1. The van der Waals surface area contributed by atoms with Crippen LogP contribution in [0.15, 0.2) is 34.8 Å². The van der Waals surface area contributed by atoms with Crippen LogP contribution in [-0.2, 0) is 6.42 Å². The Labute approximate surface area is 115 Å². The second-order valence-corrected chi connectivity index (χ2v) is 5.38. The van der Waals surface area contributed by atoms with Crippen molar-refractivity contribution in [3.8, 4) is 0 Å². The Hall–Kier alpha value is -1.35. The molecule has 0 aromatic heterocycles. The van der Waals surface area contributed by atoms with Gasteiger partial charge in [-0.1, -0.05) is 18.2 Å². The second kappa shape index (κ2) is 5.11. The van der Waals surface area contributed by atoms with Gasteiger partial charge in [-0.15, -0.1) is 0 Å². The number of anilines is 1. The van der Waals surface area contributed by atoms with Crippen molar-refractivity contribution in [2.75, 3.05) is 5.73 Å². The molecule has 0 aliphatic heterocycles. The highest BCUT2D eigenvalue weighted by Crippen LogP contribution is 2.24. The summed E-state index contributed by atoms with van der Waals surface area (Å²) in [4.78, 5) is 0. The third-order valence-corrected chi connectivity index (χ3v) is 3.75. The van der Waals surface area contributed by atoms with Crippen LogP contribution in [0.25, 0.3) is 0 Å². The predicted molar refractivity (Wildman–Crippen MR) is 77.2 cm³/mol. The fraction of sp³-hybridized carbons (Fsp3) is 0.200. The molecule has 0 saturated carbocycles. The summed E-state index contributed by atoms with van der Waals surface area (Å²) in [7, 11) is 0. The number of nitrogen functional groups attached to an aromatic ring is 1. The first-order valence-electron chi connectivity index (χ1n) is 5.77. The lowest BCUT2D eigenvalue weighted by Gasteiger charge is -2.11. The summed E-state index contributed by atoms with van der Waals surface area (Å²) in [6.45, 7) is 3.97. The molecule has 0 saturated heterocycles. The number of aryl methyl sites for hydroxylation is 2. The molecule has 0 atom stereocenters. The number of hydrogen-bond acceptors (Lipinski definition) is 1. The quantitative estimate of drug-likeness (QED) is 0.819. The SMILES string of the molecule is Cc1cc(Cc2cccc(Br)c2F)c(C)cc1N. The maximum Gasteiger partial charge on any atom is 0.140 e. The number of benzene rings is 2. The molecule has 2 aromatic carbocycles. The topological polar surface area (TPSA) is 26.0 Å². The summed E-state index contributed by atoms with van der Waals surface area (Å²) in [6, 6.07) is 9.35. The van der Waals surface area contributed by atoms with E-state index in [1.54, 1.807) is 6.07 Å². The molecule has 2 rings (SSSR count). The zero-order chi connectivity index (χ0) is 13.3. The van der Waals surface area contributed by atoms with Crippen molar-refractivity contribution in [1.82, 2.24) is 0 Å². The number of nitrogens with two attached hydrogens (primary N) is 1. The first-order chi connectivity index (χ1) is 8.49. The lowest BCUT2D eigenvalue weighted by molar-refractivity contribution is 0.607. The van der Waals surface area contributed by atoms with Crippen molar-refractivity contribution in [2.24, 2.45) is 0 Å². The molecule has 0 bridgehead atoms. The van der Waals surface area contributed by atoms with Crippen LogP contribution in [0.2, 0.25) is 0 Å². The average Bonchev–Trinajstić information content (AvgIpc) is 2.32. The van der Waals surface area contributed by atoms with Crippen molar-refractivity contribution in [1.29, 1.82) is 0 Å². The monoisotopic (exact) mass is 307 g/mol. The molecule has 3 heteroatoms. The van der Waals surface area contributed by atoms with Gasteiger partial charge in [0.25, 0.3) is 0 Å². The van der Waals surface area contributed by atoms with E-state index >= 15 is 0 Å². The summed E-state index contributed by atoms with van der Waals surface area (Å²) in [5.41, 5.74) is 10.6. The number of halogens is 2. The van der Waals surface area contributed by atoms with E-state index in [4.69, 9.17) is 5.73 Å². The molecular formula is C15H15BrFN. The normalized spacial score (nSPS) is 10.7. The van der Waals surface area contributed by atoms with E-state index in [0.717, 1.165) is 22.4 Å². The van der Waals surface area contributed by atoms with Gasteiger partial charge in [-0.2, -0.15) is 0 Å². The lowest BCUT2D eigenvalue weighted by Crippen LogP contribution is -1.99. The zero-order valence-corrected chi connectivity index (χ0v) is 12.0. The molecular weight excluding hydrogens is 293 g/mol. The van der Waals surface area contributed by atoms with Gasteiger partial charge in [0.1, 0.15) is 5.82 Å². The highest BCUT2D eigenvalue weighted by Gasteiger charge is 2.09. The van der Waals surface area contributed by atoms with E-state index in [1.807, 2.05) is 38.1 Å². The molecule has 0 fully saturated rings. The van der Waals surface area contributed by atoms with Crippen LogP contribution in [0.4, 0.5) is 10.1 Å². The van der Waals surface area contributed by atoms with Crippen molar-refractivity contribution in [2.45, 2.75) is 20.3 Å². The maximum atomic E-state index is 13.9. The molecule has 2 aromatic rings. The van der Waals surface area contributed by atoms with E-state index in [-0.39, 0.29) is 5.82 Å². The largest absolute Gasteiger partial charge is 0.399 e. The van der Waals surface area contributed by atoms with Gasteiger partial charge in [0.2, 0.25) is 0 Å². The zero-order valence-electron chi connectivity index (χ0n) is 10.4. The number of hydrogen-bond donors (Lipinski definition) is 1. The molecule has 0 heterocycles. The first-order valence-corrected chi connectivity index (χ1v) is 6.57. The van der Waals surface area contributed by atoms with Crippen LogP contribution in [0.3, 0.4) is 0 Å². The Kier molecular flexibility index (Phi) is 3.71. The van der Waals surface area contributed by atoms with E-state index < -0.39 is 0 Å². The molecule has 2 N–H and O–H groups in total. The van der Waals surface area contributed by atoms with Crippen LogP contribution in [0, 0.1) is 19.7 Å². The van der Waals surface area contributed by atoms with Gasteiger partial charge >= 0.3 is 0 Å². The summed E-state index contributed by atoms with van der Waals surface area (Å²) in [6.07, 6.45) is 0.582. The Morgan fingerprint density at radius 3 is 2.56 bits per heavy atom. The minimum absolute atomic E-state index is 0.189. The Bertz CT molecular complexity index is 593. The second-order valence-electron chi connectivity index (χ2n) is 4.52. The van der Waals surface area contributed by atoms with E-state index in [9.17, 15) is 4.39 Å². The molecule has 1 nitrogen and oxygen atoms in total. The molecule has 0 aliphatic rings. The van der Waals surface area contributed by atoms with Crippen LogP contribution in [-0.4, -0.2) is 0 Å². The van der Waals surface area contributed by atoms with Gasteiger partial charge in [0.15, 0.2) is 0 Å². The smallest absolute Gasteiger partial charge is 0.140 e. The van der Waals surface area contributed by atoms with Gasteiger partial charge in [0.05, 0.1) is 4.47 Å². The third kappa shape index (κ3) is 2.56. The minimum atomic E-state index is -0.189. The summed E-state index contributed by atoms with van der Waals surface area (Å²) >= 11 is 3.21. The summed E-state index contributed by atoms with van der Waals surface area (Å²) < 4.78 is 14.4. The van der Waals surface area contributed by atoms with Crippen LogP contribution < -0.4 is 5.73 Å². The lowest BCUT2D eigenvalue weighted by atomic mass is 9.97. The van der Waals surface area contributed by atoms with Crippen LogP contribution in [0.1, 0.15) is 22.3 Å². The Morgan fingerprint density at radius 1 is 1.11 bits per heavy atom. The molecule has 0 unspecified atom stereocenters. The average molecular weight is 308 g/mol. The third-order valence-electron chi connectivity index (χ3n) is 3.14. The van der Waals surface area contributed by atoms with E-state index in [2.05, 4.69) is 15.9 Å². The van der Waals surface area contributed by atoms with E-state index in [1.165, 1.54) is 0 Å². The van der Waals surface area contributed by atoms with Crippen molar-refractivity contribution >= 4 is 21.6 Å². The van der Waals surface area contributed by atoms with Gasteiger partial charge < -0.3 is 5.73 Å². The van der Waals surface area contributed by atoms with Gasteiger partial charge in [-0.3, -0.25) is 0 Å². The molecule has 0 spiro atoms. The van der Waals surface area contributed by atoms with E-state index in [0.29, 0.717) is 16.5 Å². The molecule has 0 amide bonds. The van der Waals surface area contributed by atoms with Crippen molar-refractivity contribution < 1.29 is 4.39 Å². The molecule has 18 heavy (non-hydrogen) atoms. The minimum Gasteiger partial charge on any atom is -0.399 e. The maximum absolute atomic E-state index is 13.9.